The standard InChI is InChI=1S/C18H14F2N2O3/c1-25-18(24)12-4-2-3-11(7-12)8-17(23)22-16(10-21)14-6-5-13(19)9-15(14)20/h2-7,9,16H,8H2,1H3,(H,22,23)/t16-/m1/s1. The molecule has 25 heavy (non-hydrogen) atoms. The van der Waals surface area contributed by atoms with Crippen LogP contribution in [0.5, 0.6) is 0 Å². The summed E-state index contributed by atoms with van der Waals surface area (Å²) in [7, 11) is 1.25. The first kappa shape index (κ1) is 18.1. The van der Waals surface area contributed by atoms with Crippen LogP contribution in [-0.2, 0) is 16.0 Å². The fourth-order valence-electron chi connectivity index (χ4n) is 2.24. The van der Waals surface area contributed by atoms with Crippen molar-refractivity contribution >= 4 is 11.9 Å². The minimum atomic E-state index is -1.25. The Morgan fingerprint density at radius 1 is 1.24 bits per heavy atom. The number of amides is 1. The normalized spacial score (nSPS) is 11.3. The maximum atomic E-state index is 13.8. The predicted octanol–water partition coefficient (Wildman–Crippen LogP) is 2.67. The number of hydrogen-bond acceptors (Lipinski definition) is 4. The number of benzene rings is 2. The van der Waals surface area contributed by atoms with Gasteiger partial charge in [-0.05, 0) is 23.8 Å². The first-order valence-corrected chi connectivity index (χ1v) is 7.25. The predicted molar refractivity (Wildman–Crippen MR) is 84.3 cm³/mol. The smallest absolute Gasteiger partial charge is 0.337 e. The van der Waals surface area contributed by atoms with Crippen molar-refractivity contribution in [3.8, 4) is 6.07 Å². The molecule has 0 fully saturated rings. The van der Waals surface area contributed by atoms with E-state index in [9.17, 15) is 18.4 Å². The Morgan fingerprint density at radius 2 is 2.00 bits per heavy atom. The Labute approximate surface area is 142 Å². The number of hydrogen-bond donors (Lipinski definition) is 1. The van der Waals surface area contributed by atoms with E-state index < -0.39 is 29.6 Å². The van der Waals surface area contributed by atoms with Crippen LogP contribution in [0.15, 0.2) is 42.5 Å². The van der Waals surface area contributed by atoms with E-state index in [0.717, 1.165) is 12.1 Å². The number of halogens is 2. The number of methoxy groups -OCH3 is 1. The van der Waals surface area contributed by atoms with E-state index in [0.29, 0.717) is 11.6 Å². The average Bonchev–Trinajstić information content (AvgIpc) is 2.59. The summed E-state index contributed by atoms with van der Waals surface area (Å²) in [6.07, 6.45) is -0.119. The van der Waals surface area contributed by atoms with Gasteiger partial charge < -0.3 is 10.1 Å². The third-order valence-corrected chi connectivity index (χ3v) is 3.42. The summed E-state index contributed by atoms with van der Waals surface area (Å²) >= 11 is 0. The topological polar surface area (TPSA) is 79.2 Å². The molecule has 2 rings (SSSR count). The Balaban J connectivity index is 2.11. The highest BCUT2D eigenvalue weighted by atomic mass is 19.1. The van der Waals surface area contributed by atoms with Crippen LogP contribution >= 0.6 is 0 Å². The van der Waals surface area contributed by atoms with Gasteiger partial charge in [-0.2, -0.15) is 5.26 Å². The quantitative estimate of drug-likeness (QED) is 0.846. The highest BCUT2D eigenvalue weighted by molar-refractivity contribution is 5.90. The minimum Gasteiger partial charge on any atom is -0.465 e. The molecule has 1 atom stereocenters. The van der Waals surface area contributed by atoms with E-state index >= 15 is 0 Å². The van der Waals surface area contributed by atoms with Crippen molar-refractivity contribution < 1.29 is 23.1 Å². The van der Waals surface area contributed by atoms with Gasteiger partial charge in [0.05, 0.1) is 25.2 Å². The molecule has 1 amide bonds. The summed E-state index contributed by atoms with van der Waals surface area (Å²) in [5, 5.41) is 11.5. The fourth-order valence-corrected chi connectivity index (χ4v) is 2.24. The number of carbonyl (C=O) groups is 2. The van der Waals surface area contributed by atoms with Gasteiger partial charge in [0.2, 0.25) is 5.91 Å². The third kappa shape index (κ3) is 4.61. The van der Waals surface area contributed by atoms with Gasteiger partial charge in [-0.25, -0.2) is 13.6 Å². The molecule has 0 unspecified atom stereocenters. The molecule has 0 heterocycles. The van der Waals surface area contributed by atoms with E-state index in [4.69, 9.17) is 5.26 Å². The molecule has 0 radical (unpaired) electrons. The van der Waals surface area contributed by atoms with E-state index in [1.165, 1.54) is 13.2 Å². The molecular weight excluding hydrogens is 330 g/mol. The van der Waals surface area contributed by atoms with Crippen molar-refractivity contribution in [2.75, 3.05) is 7.11 Å². The van der Waals surface area contributed by atoms with Crippen LogP contribution in [0.25, 0.3) is 0 Å². The summed E-state index contributed by atoms with van der Waals surface area (Å²) < 4.78 is 31.3. The third-order valence-electron chi connectivity index (χ3n) is 3.42. The average molecular weight is 344 g/mol. The van der Waals surface area contributed by atoms with Gasteiger partial charge in [0.1, 0.15) is 17.7 Å². The fraction of sp³-hybridized carbons (Fsp3) is 0.167. The molecule has 0 bridgehead atoms. The van der Waals surface area contributed by atoms with Gasteiger partial charge in [0.15, 0.2) is 0 Å². The molecule has 1 N–H and O–H groups in total. The largest absolute Gasteiger partial charge is 0.465 e. The summed E-state index contributed by atoms with van der Waals surface area (Å²) in [5.74, 6) is -2.77. The van der Waals surface area contributed by atoms with Crippen LogP contribution < -0.4 is 5.32 Å². The second-order valence-corrected chi connectivity index (χ2v) is 5.16. The summed E-state index contributed by atoms with van der Waals surface area (Å²) in [4.78, 5) is 23.6. The van der Waals surface area contributed by atoms with Crippen LogP contribution in [0.4, 0.5) is 8.78 Å². The van der Waals surface area contributed by atoms with Crippen molar-refractivity contribution in [2.45, 2.75) is 12.5 Å². The highest BCUT2D eigenvalue weighted by Crippen LogP contribution is 2.18. The van der Waals surface area contributed by atoms with Crippen molar-refractivity contribution in [3.05, 3.63) is 70.8 Å². The zero-order valence-electron chi connectivity index (χ0n) is 13.3. The number of nitrogens with one attached hydrogen (secondary N) is 1. The van der Waals surface area contributed by atoms with Crippen LogP contribution in [-0.4, -0.2) is 19.0 Å². The molecule has 0 saturated carbocycles. The van der Waals surface area contributed by atoms with E-state index in [2.05, 4.69) is 10.1 Å². The highest BCUT2D eigenvalue weighted by Gasteiger charge is 2.18. The molecule has 5 nitrogen and oxygen atoms in total. The van der Waals surface area contributed by atoms with Crippen molar-refractivity contribution in [1.82, 2.24) is 5.32 Å². The second-order valence-electron chi connectivity index (χ2n) is 5.16. The van der Waals surface area contributed by atoms with Crippen LogP contribution in [0, 0.1) is 23.0 Å². The number of esters is 1. The lowest BCUT2D eigenvalue weighted by molar-refractivity contribution is -0.120. The summed E-state index contributed by atoms with van der Waals surface area (Å²) in [6.45, 7) is 0. The van der Waals surface area contributed by atoms with E-state index in [1.807, 2.05) is 0 Å². The van der Waals surface area contributed by atoms with Gasteiger partial charge >= 0.3 is 5.97 Å². The molecule has 0 saturated heterocycles. The molecular formula is C18H14F2N2O3. The molecule has 0 spiro atoms. The molecule has 0 aliphatic heterocycles. The molecule has 128 valence electrons. The number of carbonyl (C=O) groups excluding carboxylic acids is 2. The Hall–Kier alpha value is -3.27. The monoisotopic (exact) mass is 344 g/mol. The zero-order chi connectivity index (χ0) is 18.4. The van der Waals surface area contributed by atoms with Crippen LogP contribution in [0.2, 0.25) is 0 Å². The number of nitrogens with zero attached hydrogens (tertiary/aromatic N) is 1. The zero-order valence-corrected chi connectivity index (χ0v) is 13.3. The maximum Gasteiger partial charge on any atom is 0.337 e. The first-order valence-electron chi connectivity index (χ1n) is 7.25. The van der Waals surface area contributed by atoms with E-state index in [1.54, 1.807) is 24.3 Å². The second kappa shape index (κ2) is 8.02. The van der Waals surface area contributed by atoms with Gasteiger partial charge in [-0.15, -0.1) is 0 Å². The van der Waals surface area contributed by atoms with Gasteiger partial charge in [-0.3, -0.25) is 4.79 Å². The van der Waals surface area contributed by atoms with Crippen LogP contribution in [0.3, 0.4) is 0 Å². The van der Waals surface area contributed by atoms with Gasteiger partial charge in [0, 0.05) is 11.6 Å². The van der Waals surface area contributed by atoms with Gasteiger partial charge in [0.25, 0.3) is 0 Å². The SMILES string of the molecule is COC(=O)c1cccc(CC(=O)N[C@H](C#N)c2ccc(F)cc2F)c1. The minimum absolute atomic E-state index is 0.119. The molecule has 0 aromatic heterocycles. The van der Waals surface area contributed by atoms with Crippen molar-refractivity contribution in [1.29, 1.82) is 5.26 Å². The maximum absolute atomic E-state index is 13.8. The lowest BCUT2D eigenvalue weighted by Gasteiger charge is -2.13. The molecule has 0 aliphatic carbocycles. The van der Waals surface area contributed by atoms with Gasteiger partial charge in [-0.1, -0.05) is 18.2 Å². The lowest BCUT2D eigenvalue weighted by Crippen LogP contribution is -2.29. The molecule has 7 heteroatoms. The van der Waals surface area contributed by atoms with Crippen LogP contribution in [0.1, 0.15) is 27.5 Å². The summed E-state index contributed by atoms with van der Waals surface area (Å²) in [6, 6.07) is 9.53. The first-order chi connectivity index (χ1) is 11.9. The Morgan fingerprint density at radius 3 is 2.64 bits per heavy atom. The van der Waals surface area contributed by atoms with Crippen molar-refractivity contribution in [2.24, 2.45) is 0 Å². The summed E-state index contributed by atoms with van der Waals surface area (Å²) in [5.41, 5.74) is 0.687. The Bertz CT molecular complexity index is 846. The number of nitriles is 1. The Kier molecular flexibility index (Phi) is 5.79. The molecule has 2 aromatic rings. The molecule has 0 aliphatic rings. The lowest BCUT2D eigenvalue weighted by atomic mass is 10.1. The number of rotatable bonds is 5. The van der Waals surface area contributed by atoms with Crippen molar-refractivity contribution in [3.63, 3.8) is 0 Å². The number of ether oxygens (including phenoxy) is 1. The van der Waals surface area contributed by atoms with E-state index in [-0.39, 0.29) is 17.5 Å². The molecule has 2 aromatic carbocycles.